The van der Waals surface area contributed by atoms with E-state index in [1.54, 1.807) is 11.1 Å². The largest absolute Gasteiger partial charge is 0.292 e. The monoisotopic (exact) mass is 421 g/mol. The number of rotatable bonds is 6. The zero-order valence-electron chi connectivity index (χ0n) is 18.6. The second-order valence-electron chi connectivity index (χ2n) is 8.78. The number of amides is 1. The molecule has 1 atom stereocenters. The van der Waals surface area contributed by atoms with Crippen molar-refractivity contribution < 1.29 is 9.18 Å². The van der Waals surface area contributed by atoms with Gasteiger partial charge < -0.3 is 0 Å². The number of hydrogen-bond donors (Lipinski definition) is 0. The molecule has 1 aliphatic carbocycles. The first-order chi connectivity index (χ1) is 15.0. The number of hydrazone groups is 1. The Hall–Kier alpha value is -2.53. The second-order valence-corrected chi connectivity index (χ2v) is 8.78. The van der Waals surface area contributed by atoms with E-state index < -0.39 is 0 Å². The maximum atomic E-state index is 13.8. The lowest BCUT2D eigenvalue weighted by molar-refractivity contribution is -0.135. The molecule has 0 bridgehead atoms. The van der Waals surface area contributed by atoms with Crippen LogP contribution in [0.3, 0.4) is 0 Å². The number of nitrogens with zero attached hydrogens (tertiary/aromatic N) is 3. The van der Waals surface area contributed by atoms with E-state index in [-0.39, 0.29) is 17.8 Å². The Labute approximate surface area is 184 Å². The lowest BCUT2D eigenvalue weighted by Crippen LogP contribution is -2.44. The summed E-state index contributed by atoms with van der Waals surface area (Å²) in [6.45, 7) is 5.42. The summed E-state index contributed by atoms with van der Waals surface area (Å²) in [7, 11) is 0. The van der Waals surface area contributed by atoms with E-state index in [1.165, 1.54) is 49.8 Å². The van der Waals surface area contributed by atoms with Crippen molar-refractivity contribution >= 4 is 11.6 Å². The van der Waals surface area contributed by atoms with Crippen molar-refractivity contribution in [3.8, 4) is 0 Å². The Bertz CT molecular complexity index is 934. The Morgan fingerprint density at radius 1 is 1.13 bits per heavy atom. The molecule has 31 heavy (non-hydrogen) atoms. The summed E-state index contributed by atoms with van der Waals surface area (Å²) in [5.74, 6) is -0.268. The molecule has 1 fully saturated rings. The highest BCUT2D eigenvalue weighted by Gasteiger charge is 2.34. The molecule has 4 nitrogen and oxygen atoms in total. The summed E-state index contributed by atoms with van der Waals surface area (Å²) in [5, 5.41) is 6.37. The van der Waals surface area contributed by atoms with Crippen LogP contribution in [0.5, 0.6) is 0 Å². The van der Waals surface area contributed by atoms with Crippen LogP contribution in [0.4, 0.5) is 4.39 Å². The van der Waals surface area contributed by atoms with Crippen LogP contribution in [-0.4, -0.2) is 40.7 Å². The van der Waals surface area contributed by atoms with Gasteiger partial charge in [-0.1, -0.05) is 68.1 Å². The zero-order chi connectivity index (χ0) is 21.8. The molecule has 2 aromatic carbocycles. The highest BCUT2D eigenvalue weighted by Crippen LogP contribution is 2.33. The molecule has 0 aromatic heterocycles. The highest BCUT2D eigenvalue weighted by molar-refractivity contribution is 6.03. The molecule has 1 aliphatic heterocycles. The molecular weight excluding hydrogens is 389 g/mol. The molecule has 0 radical (unpaired) electrons. The third kappa shape index (κ3) is 5.04. The number of likely N-dealkylation sites (N-methyl/N-ethyl adjacent to an activating group) is 1. The maximum absolute atomic E-state index is 13.8. The number of aryl methyl sites for hydroxylation is 1. The molecule has 1 saturated carbocycles. The SMILES string of the molecule is CCN(CC(=O)N1N=C(c2cccc(F)c2)C[C@@H]1c1ccc(C)cc1)C1CCCCC1. The summed E-state index contributed by atoms with van der Waals surface area (Å²) < 4.78 is 13.8. The van der Waals surface area contributed by atoms with Crippen LogP contribution in [0.25, 0.3) is 0 Å². The fourth-order valence-electron chi connectivity index (χ4n) is 4.82. The van der Waals surface area contributed by atoms with Crippen LogP contribution in [-0.2, 0) is 4.79 Å². The zero-order valence-corrected chi connectivity index (χ0v) is 18.6. The van der Waals surface area contributed by atoms with E-state index in [1.807, 2.05) is 6.07 Å². The first-order valence-electron chi connectivity index (χ1n) is 11.5. The maximum Gasteiger partial charge on any atom is 0.257 e. The molecule has 5 heteroatoms. The lowest BCUT2D eigenvalue weighted by Gasteiger charge is -2.34. The van der Waals surface area contributed by atoms with Crippen molar-refractivity contribution in [2.45, 2.75) is 64.5 Å². The molecule has 0 unspecified atom stereocenters. The van der Waals surface area contributed by atoms with Crippen LogP contribution in [0.1, 0.15) is 68.2 Å². The second kappa shape index (κ2) is 9.73. The fourth-order valence-corrected chi connectivity index (χ4v) is 4.82. The summed E-state index contributed by atoms with van der Waals surface area (Å²) >= 11 is 0. The number of carbonyl (C=O) groups is 1. The molecule has 2 aliphatic rings. The Balaban J connectivity index is 1.59. The van der Waals surface area contributed by atoms with Gasteiger partial charge in [-0.2, -0.15) is 5.10 Å². The standard InChI is InChI=1S/C26H32FN3O/c1-3-29(23-10-5-4-6-11-23)18-26(31)30-25(20-14-12-19(2)13-15-20)17-24(28-30)21-8-7-9-22(27)16-21/h7-9,12-16,23,25H,3-6,10-11,17-18H2,1-2H3/t25-/m1/s1. The number of halogens is 1. The predicted octanol–water partition coefficient (Wildman–Crippen LogP) is 5.47. The first-order valence-corrected chi connectivity index (χ1v) is 11.5. The average molecular weight is 422 g/mol. The quantitative estimate of drug-likeness (QED) is 0.620. The number of benzene rings is 2. The van der Waals surface area contributed by atoms with Gasteiger partial charge in [0.1, 0.15) is 5.82 Å². The van der Waals surface area contributed by atoms with Crippen molar-refractivity contribution in [1.29, 1.82) is 0 Å². The van der Waals surface area contributed by atoms with Gasteiger partial charge in [0.15, 0.2) is 0 Å². The van der Waals surface area contributed by atoms with Crippen molar-refractivity contribution in [3.05, 3.63) is 71.0 Å². The van der Waals surface area contributed by atoms with Crippen molar-refractivity contribution in [1.82, 2.24) is 9.91 Å². The number of hydrogen-bond acceptors (Lipinski definition) is 3. The highest BCUT2D eigenvalue weighted by atomic mass is 19.1. The minimum absolute atomic E-state index is 0.0180. The van der Waals surface area contributed by atoms with Gasteiger partial charge in [0.05, 0.1) is 18.3 Å². The molecule has 4 rings (SSSR count). The normalized spacial score (nSPS) is 19.7. The summed E-state index contributed by atoms with van der Waals surface area (Å²) in [6.07, 6.45) is 6.71. The van der Waals surface area contributed by atoms with E-state index in [0.29, 0.717) is 19.0 Å². The smallest absolute Gasteiger partial charge is 0.257 e. The van der Waals surface area contributed by atoms with E-state index in [4.69, 9.17) is 5.10 Å². The number of carbonyl (C=O) groups excluding carboxylic acids is 1. The minimum atomic E-state index is -0.286. The Kier molecular flexibility index (Phi) is 6.81. The van der Waals surface area contributed by atoms with Crippen LogP contribution in [0.15, 0.2) is 53.6 Å². The molecule has 0 spiro atoms. The van der Waals surface area contributed by atoms with Crippen LogP contribution in [0.2, 0.25) is 0 Å². The van der Waals surface area contributed by atoms with Gasteiger partial charge in [-0.15, -0.1) is 0 Å². The molecule has 0 N–H and O–H groups in total. The van der Waals surface area contributed by atoms with Gasteiger partial charge in [0.25, 0.3) is 5.91 Å². The first kappa shape index (κ1) is 21.7. The molecule has 0 saturated heterocycles. The minimum Gasteiger partial charge on any atom is -0.292 e. The van der Waals surface area contributed by atoms with Gasteiger partial charge in [0.2, 0.25) is 0 Å². The molecule has 1 amide bonds. The summed E-state index contributed by atoms with van der Waals surface area (Å²) in [6, 6.07) is 15.1. The molecule has 2 aromatic rings. The van der Waals surface area contributed by atoms with Gasteiger partial charge in [-0.3, -0.25) is 9.69 Å². The third-order valence-corrected chi connectivity index (χ3v) is 6.62. The van der Waals surface area contributed by atoms with Gasteiger partial charge in [-0.05, 0) is 44.0 Å². The van der Waals surface area contributed by atoms with E-state index >= 15 is 0 Å². The Morgan fingerprint density at radius 2 is 1.87 bits per heavy atom. The molecule has 164 valence electrons. The van der Waals surface area contributed by atoms with Crippen molar-refractivity contribution in [2.75, 3.05) is 13.1 Å². The fraction of sp³-hybridized carbons (Fsp3) is 0.462. The molecular formula is C26H32FN3O. The van der Waals surface area contributed by atoms with Crippen LogP contribution in [0, 0.1) is 12.7 Å². The average Bonchev–Trinajstić information content (AvgIpc) is 3.24. The topological polar surface area (TPSA) is 35.9 Å². The molecule has 1 heterocycles. The van der Waals surface area contributed by atoms with Crippen LogP contribution >= 0.6 is 0 Å². The predicted molar refractivity (Wildman–Crippen MR) is 122 cm³/mol. The van der Waals surface area contributed by atoms with Gasteiger partial charge in [0, 0.05) is 18.0 Å². The summed E-state index contributed by atoms with van der Waals surface area (Å²) in [5.41, 5.74) is 3.75. The lowest BCUT2D eigenvalue weighted by atomic mass is 9.94. The van der Waals surface area contributed by atoms with Gasteiger partial charge >= 0.3 is 0 Å². The third-order valence-electron chi connectivity index (χ3n) is 6.62. The van der Waals surface area contributed by atoms with E-state index in [9.17, 15) is 9.18 Å². The van der Waals surface area contributed by atoms with Gasteiger partial charge in [-0.25, -0.2) is 9.40 Å². The van der Waals surface area contributed by atoms with E-state index in [2.05, 4.69) is 43.0 Å². The van der Waals surface area contributed by atoms with Crippen molar-refractivity contribution in [3.63, 3.8) is 0 Å². The van der Waals surface area contributed by atoms with E-state index in [0.717, 1.165) is 23.4 Å². The summed E-state index contributed by atoms with van der Waals surface area (Å²) in [4.78, 5) is 15.8. The van der Waals surface area contributed by atoms with Crippen molar-refractivity contribution in [2.24, 2.45) is 5.10 Å². The Morgan fingerprint density at radius 3 is 2.55 bits per heavy atom. The van der Waals surface area contributed by atoms with Crippen LogP contribution < -0.4 is 0 Å².